The molecule has 4 aliphatic rings. The largest absolute Gasteiger partial charge is 0.367 e. The van der Waals surface area contributed by atoms with Crippen molar-refractivity contribution in [1.82, 2.24) is 26.1 Å². The summed E-state index contributed by atoms with van der Waals surface area (Å²) in [5.41, 5.74) is 7.04. The third kappa shape index (κ3) is 2.85. The molecule has 3 unspecified atom stereocenters. The molecule has 130 valence electrons. The number of piperazine rings is 1. The quantitative estimate of drug-likeness (QED) is 0.642. The molecular weight excluding hydrogens is 302 g/mol. The van der Waals surface area contributed by atoms with Crippen molar-refractivity contribution < 1.29 is 0 Å². The van der Waals surface area contributed by atoms with Crippen LogP contribution in [-0.2, 0) is 0 Å². The SMILES string of the molecule is c1cc(NC2CCC3NNCC3C2)nc(N2CCNC3(CC3)C2)n1. The molecule has 0 radical (unpaired) electrons. The molecule has 5 rings (SSSR count). The fourth-order valence-corrected chi connectivity index (χ4v) is 4.53. The van der Waals surface area contributed by atoms with Gasteiger partial charge in [-0.2, -0.15) is 4.98 Å². The second kappa shape index (κ2) is 5.82. The Morgan fingerprint density at radius 2 is 2.25 bits per heavy atom. The van der Waals surface area contributed by atoms with Crippen molar-refractivity contribution in [3.05, 3.63) is 12.3 Å². The molecule has 1 aromatic rings. The van der Waals surface area contributed by atoms with E-state index >= 15 is 0 Å². The minimum absolute atomic E-state index is 0.353. The van der Waals surface area contributed by atoms with Gasteiger partial charge in [0.1, 0.15) is 5.82 Å². The smallest absolute Gasteiger partial charge is 0.227 e. The van der Waals surface area contributed by atoms with Gasteiger partial charge in [-0.05, 0) is 44.1 Å². The molecule has 2 saturated carbocycles. The maximum atomic E-state index is 4.81. The summed E-state index contributed by atoms with van der Waals surface area (Å²) in [6.07, 6.45) is 8.11. The molecule has 1 spiro atoms. The molecule has 7 heteroatoms. The fourth-order valence-electron chi connectivity index (χ4n) is 4.53. The molecular formula is C17H27N7. The predicted octanol–water partition coefficient (Wildman–Crippen LogP) is 0.476. The molecule has 3 heterocycles. The summed E-state index contributed by atoms with van der Waals surface area (Å²) in [6, 6.07) is 3.18. The molecule has 24 heavy (non-hydrogen) atoms. The van der Waals surface area contributed by atoms with E-state index in [1.54, 1.807) is 0 Å². The van der Waals surface area contributed by atoms with E-state index in [9.17, 15) is 0 Å². The van der Waals surface area contributed by atoms with Crippen molar-refractivity contribution in [2.75, 3.05) is 36.4 Å². The average Bonchev–Trinajstić information content (AvgIpc) is 3.18. The number of anilines is 2. The Morgan fingerprint density at radius 3 is 3.17 bits per heavy atom. The van der Waals surface area contributed by atoms with Crippen molar-refractivity contribution in [1.29, 1.82) is 0 Å². The van der Waals surface area contributed by atoms with E-state index in [0.29, 0.717) is 17.6 Å². The van der Waals surface area contributed by atoms with Crippen molar-refractivity contribution in [2.24, 2.45) is 5.92 Å². The van der Waals surface area contributed by atoms with Crippen molar-refractivity contribution in [3.63, 3.8) is 0 Å². The van der Waals surface area contributed by atoms with Gasteiger partial charge in [0, 0.05) is 50.0 Å². The molecule has 3 atom stereocenters. The average molecular weight is 329 g/mol. The molecule has 4 N–H and O–H groups in total. The van der Waals surface area contributed by atoms with Crippen LogP contribution in [0.1, 0.15) is 32.1 Å². The lowest BCUT2D eigenvalue weighted by Crippen LogP contribution is -2.53. The van der Waals surface area contributed by atoms with Gasteiger partial charge in [-0.3, -0.25) is 10.9 Å². The molecule has 7 nitrogen and oxygen atoms in total. The fraction of sp³-hybridized carbons (Fsp3) is 0.765. The van der Waals surface area contributed by atoms with Gasteiger partial charge >= 0.3 is 0 Å². The Labute approximate surface area is 143 Å². The van der Waals surface area contributed by atoms with Crippen LogP contribution in [0.15, 0.2) is 12.3 Å². The first-order valence-corrected chi connectivity index (χ1v) is 9.38. The highest BCUT2D eigenvalue weighted by atomic mass is 15.4. The monoisotopic (exact) mass is 329 g/mol. The maximum absolute atomic E-state index is 4.81. The Morgan fingerprint density at radius 1 is 1.29 bits per heavy atom. The van der Waals surface area contributed by atoms with Gasteiger partial charge in [0.25, 0.3) is 0 Å². The summed E-state index contributed by atoms with van der Waals surface area (Å²) in [5, 5.41) is 7.31. The number of hydrogen-bond donors (Lipinski definition) is 4. The molecule has 0 aromatic carbocycles. The zero-order valence-corrected chi connectivity index (χ0v) is 14.1. The maximum Gasteiger partial charge on any atom is 0.227 e. The first-order chi connectivity index (χ1) is 11.8. The summed E-state index contributed by atoms with van der Waals surface area (Å²) in [5.74, 6) is 2.59. The number of nitrogens with one attached hydrogen (secondary N) is 4. The van der Waals surface area contributed by atoms with E-state index in [2.05, 4.69) is 31.4 Å². The van der Waals surface area contributed by atoms with Crippen LogP contribution in [0.5, 0.6) is 0 Å². The zero-order chi connectivity index (χ0) is 16.0. The highest BCUT2D eigenvalue weighted by molar-refractivity contribution is 5.43. The standard InChI is InChI=1S/C17H27N7/c1-2-14-12(10-20-23-14)9-13(1)21-15-3-6-18-16(22-15)24-8-7-19-17(11-24)4-5-17/h3,6,12-14,19-20,23H,1-2,4-5,7-11H2,(H,18,21,22). The molecule has 1 aromatic heterocycles. The van der Waals surface area contributed by atoms with Crippen LogP contribution in [0.2, 0.25) is 0 Å². The lowest BCUT2D eigenvalue weighted by molar-refractivity contribution is 0.314. The number of rotatable bonds is 3. The zero-order valence-electron chi connectivity index (χ0n) is 14.1. The number of aromatic nitrogens is 2. The highest BCUT2D eigenvalue weighted by Gasteiger charge is 2.46. The predicted molar refractivity (Wildman–Crippen MR) is 93.9 cm³/mol. The topological polar surface area (TPSA) is 77.1 Å². The van der Waals surface area contributed by atoms with Crippen LogP contribution < -0.4 is 26.4 Å². The Bertz CT molecular complexity index is 602. The van der Waals surface area contributed by atoms with E-state index in [4.69, 9.17) is 4.98 Å². The first-order valence-electron chi connectivity index (χ1n) is 9.38. The lowest BCUT2D eigenvalue weighted by atomic mass is 9.83. The van der Waals surface area contributed by atoms with E-state index in [-0.39, 0.29) is 0 Å². The van der Waals surface area contributed by atoms with Gasteiger partial charge in [-0.25, -0.2) is 4.98 Å². The van der Waals surface area contributed by atoms with Gasteiger partial charge in [0.05, 0.1) is 0 Å². The van der Waals surface area contributed by atoms with Crippen LogP contribution in [0.25, 0.3) is 0 Å². The van der Waals surface area contributed by atoms with E-state index in [1.807, 2.05) is 12.3 Å². The normalized spacial score (nSPS) is 34.2. The number of fused-ring (bicyclic) bond motifs is 1. The van der Waals surface area contributed by atoms with Gasteiger partial charge < -0.3 is 15.5 Å². The van der Waals surface area contributed by atoms with Crippen LogP contribution in [0.3, 0.4) is 0 Å². The van der Waals surface area contributed by atoms with Crippen LogP contribution >= 0.6 is 0 Å². The van der Waals surface area contributed by atoms with Crippen molar-refractivity contribution in [3.8, 4) is 0 Å². The summed E-state index contributed by atoms with van der Waals surface area (Å²) >= 11 is 0. The van der Waals surface area contributed by atoms with Gasteiger partial charge in [-0.15, -0.1) is 0 Å². The Hall–Kier alpha value is -1.44. The molecule has 2 saturated heterocycles. The lowest BCUT2D eigenvalue weighted by Gasteiger charge is -2.34. The highest BCUT2D eigenvalue weighted by Crippen LogP contribution is 2.38. The van der Waals surface area contributed by atoms with Crippen LogP contribution in [-0.4, -0.2) is 53.8 Å². The van der Waals surface area contributed by atoms with E-state index in [0.717, 1.165) is 43.9 Å². The number of nitrogens with zero attached hydrogens (tertiary/aromatic N) is 3. The van der Waals surface area contributed by atoms with Crippen molar-refractivity contribution >= 4 is 11.8 Å². The molecule has 2 aliphatic heterocycles. The minimum atomic E-state index is 0.353. The van der Waals surface area contributed by atoms with Crippen LogP contribution in [0, 0.1) is 5.92 Å². The summed E-state index contributed by atoms with van der Waals surface area (Å²) in [6.45, 7) is 4.16. The van der Waals surface area contributed by atoms with Gasteiger partial charge in [-0.1, -0.05) is 0 Å². The summed E-state index contributed by atoms with van der Waals surface area (Å²) in [4.78, 5) is 11.7. The second-order valence-corrected chi connectivity index (χ2v) is 7.92. The molecule has 0 amide bonds. The third-order valence-corrected chi connectivity index (χ3v) is 6.14. The van der Waals surface area contributed by atoms with Crippen LogP contribution in [0.4, 0.5) is 11.8 Å². The van der Waals surface area contributed by atoms with E-state index in [1.165, 1.54) is 32.1 Å². The van der Waals surface area contributed by atoms with Crippen molar-refractivity contribution in [2.45, 2.75) is 49.7 Å². The summed E-state index contributed by atoms with van der Waals surface area (Å²) in [7, 11) is 0. The third-order valence-electron chi connectivity index (χ3n) is 6.14. The molecule has 0 bridgehead atoms. The van der Waals surface area contributed by atoms with Gasteiger partial charge in [0.15, 0.2) is 0 Å². The number of hydrazine groups is 1. The second-order valence-electron chi connectivity index (χ2n) is 7.92. The molecule has 2 aliphatic carbocycles. The Balaban J connectivity index is 1.25. The summed E-state index contributed by atoms with van der Waals surface area (Å²) < 4.78 is 0. The van der Waals surface area contributed by atoms with E-state index < -0.39 is 0 Å². The number of hydrogen-bond acceptors (Lipinski definition) is 7. The Kier molecular flexibility index (Phi) is 3.61. The van der Waals surface area contributed by atoms with Gasteiger partial charge in [0.2, 0.25) is 5.95 Å². The minimum Gasteiger partial charge on any atom is -0.367 e. The first kappa shape index (κ1) is 14.9. The molecule has 4 fully saturated rings.